The summed E-state index contributed by atoms with van der Waals surface area (Å²) < 4.78 is 1.44. The molecule has 0 unspecified atom stereocenters. The van der Waals surface area contributed by atoms with Gasteiger partial charge >= 0.3 is 0 Å². The van der Waals surface area contributed by atoms with Gasteiger partial charge in [-0.05, 0) is 12.1 Å². The van der Waals surface area contributed by atoms with E-state index in [9.17, 15) is 4.79 Å². The number of carbonyl (C=O) groups is 1. The molecular formula is C10H10ClN5O. The lowest BCUT2D eigenvalue weighted by molar-refractivity contribution is 0.102. The summed E-state index contributed by atoms with van der Waals surface area (Å²) in [4.78, 5) is 15.8. The Hall–Kier alpha value is -2.08. The van der Waals surface area contributed by atoms with Gasteiger partial charge in [-0.2, -0.15) is 10.1 Å². The van der Waals surface area contributed by atoms with Crippen molar-refractivity contribution in [2.45, 2.75) is 0 Å². The number of carbonyl (C=O) groups excluding carboxylic acids is 1. The molecule has 0 atom stereocenters. The van der Waals surface area contributed by atoms with Gasteiger partial charge in [-0.3, -0.25) is 10.1 Å². The van der Waals surface area contributed by atoms with E-state index >= 15 is 0 Å². The van der Waals surface area contributed by atoms with Crippen molar-refractivity contribution < 1.29 is 4.79 Å². The Labute approximate surface area is 102 Å². The van der Waals surface area contributed by atoms with E-state index in [-0.39, 0.29) is 5.56 Å². The molecular weight excluding hydrogens is 242 g/mol. The molecule has 0 saturated heterocycles. The van der Waals surface area contributed by atoms with Crippen LogP contribution in [0.25, 0.3) is 0 Å². The normalized spacial score (nSPS) is 10.2. The number of amides is 1. The summed E-state index contributed by atoms with van der Waals surface area (Å²) >= 11 is 5.92. The molecule has 1 aromatic heterocycles. The first kappa shape index (κ1) is 11.4. The molecule has 0 spiro atoms. The van der Waals surface area contributed by atoms with Gasteiger partial charge in [-0.25, -0.2) is 4.68 Å². The Bertz CT molecular complexity index is 545. The average Bonchev–Trinajstić information content (AvgIpc) is 2.64. The third-order valence-electron chi connectivity index (χ3n) is 2.21. The lowest BCUT2D eigenvalue weighted by atomic mass is 10.1. The first-order valence-electron chi connectivity index (χ1n) is 4.79. The third kappa shape index (κ3) is 2.21. The Balaban J connectivity index is 2.30. The van der Waals surface area contributed by atoms with Gasteiger partial charge in [-0.15, -0.1) is 0 Å². The number of hydrogen-bond donors (Lipinski definition) is 2. The minimum atomic E-state index is -0.413. The molecule has 0 bridgehead atoms. The Morgan fingerprint density at radius 2 is 2.29 bits per heavy atom. The number of nitrogens with two attached hydrogens (primary N) is 1. The lowest BCUT2D eigenvalue weighted by Gasteiger charge is -2.07. The van der Waals surface area contributed by atoms with Gasteiger partial charge in [0.2, 0.25) is 5.95 Å². The number of nitrogens with zero attached hydrogens (tertiary/aromatic N) is 3. The standard InChI is InChI=1S/C10H10ClN5O/c1-16-10(13-5-14-16)15-9(17)8-6(11)3-2-4-7(8)12/h2-5H,12H2,1H3,(H,13,14,15,17). The fraction of sp³-hybridized carbons (Fsp3) is 0.100. The van der Waals surface area contributed by atoms with E-state index in [0.717, 1.165) is 0 Å². The summed E-state index contributed by atoms with van der Waals surface area (Å²) in [7, 11) is 1.67. The van der Waals surface area contributed by atoms with Crippen molar-refractivity contribution in [1.29, 1.82) is 0 Å². The molecule has 0 radical (unpaired) electrons. The van der Waals surface area contributed by atoms with E-state index in [2.05, 4.69) is 15.4 Å². The molecule has 0 aliphatic rings. The van der Waals surface area contributed by atoms with Gasteiger partial charge in [0, 0.05) is 12.7 Å². The van der Waals surface area contributed by atoms with Gasteiger partial charge in [-0.1, -0.05) is 17.7 Å². The molecule has 0 aliphatic carbocycles. The van der Waals surface area contributed by atoms with E-state index < -0.39 is 5.91 Å². The number of benzene rings is 1. The molecule has 1 amide bonds. The summed E-state index contributed by atoms with van der Waals surface area (Å²) in [5.41, 5.74) is 6.25. The van der Waals surface area contributed by atoms with E-state index in [4.69, 9.17) is 17.3 Å². The number of nitrogen functional groups attached to an aromatic ring is 1. The van der Waals surface area contributed by atoms with Crippen LogP contribution in [0.5, 0.6) is 0 Å². The quantitative estimate of drug-likeness (QED) is 0.788. The molecule has 0 aliphatic heterocycles. The highest BCUT2D eigenvalue weighted by molar-refractivity contribution is 6.35. The maximum absolute atomic E-state index is 11.9. The Morgan fingerprint density at radius 1 is 1.53 bits per heavy atom. The largest absolute Gasteiger partial charge is 0.398 e. The summed E-state index contributed by atoms with van der Waals surface area (Å²) in [6.45, 7) is 0. The molecule has 7 heteroatoms. The Kier molecular flexibility index (Phi) is 2.97. The zero-order chi connectivity index (χ0) is 12.4. The minimum Gasteiger partial charge on any atom is -0.398 e. The highest BCUT2D eigenvalue weighted by Crippen LogP contribution is 2.22. The first-order chi connectivity index (χ1) is 8.09. The van der Waals surface area contributed by atoms with Gasteiger partial charge in [0.15, 0.2) is 0 Å². The van der Waals surface area contributed by atoms with Crippen LogP contribution >= 0.6 is 11.6 Å². The van der Waals surface area contributed by atoms with Crippen LogP contribution in [0, 0.1) is 0 Å². The van der Waals surface area contributed by atoms with Gasteiger partial charge < -0.3 is 5.73 Å². The molecule has 0 fully saturated rings. The monoisotopic (exact) mass is 251 g/mol. The number of nitrogens with one attached hydrogen (secondary N) is 1. The second-order valence-electron chi connectivity index (χ2n) is 3.37. The van der Waals surface area contributed by atoms with Crippen LogP contribution in [0.4, 0.5) is 11.6 Å². The van der Waals surface area contributed by atoms with Crippen molar-refractivity contribution in [3.8, 4) is 0 Å². The number of anilines is 2. The van der Waals surface area contributed by atoms with Crippen molar-refractivity contribution in [3.05, 3.63) is 35.1 Å². The fourth-order valence-corrected chi connectivity index (χ4v) is 1.62. The summed E-state index contributed by atoms with van der Waals surface area (Å²) in [6.07, 6.45) is 1.34. The molecule has 1 heterocycles. The summed E-state index contributed by atoms with van der Waals surface area (Å²) in [5.74, 6) is -0.0847. The lowest BCUT2D eigenvalue weighted by Crippen LogP contribution is -2.17. The predicted octanol–water partition coefficient (Wildman–Crippen LogP) is 1.30. The van der Waals surface area contributed by atoms with Crippen molar-refractivity contribution in [2.24, 2.45) is 7.05 Å². The Morgan fingerprint density at radius 3 is 2.88 bits per heavy atom. The van der Waals surface area contributed by atoms with Crippen molar-refractivity contribution >= 4 is 29.1 Å². The third-order valence-corrected chi connectivity index (χ3v) is 2.52. The first-order valence-corrected chi connectivity index (χ1v) is 5.16. The number of aromatic nitrogens is 3. The SMILES string of the molecule is Cn1ncnc1NC(=O)c1c(N)cccc1Cl. The number of hydrogen-bond acceptors (Lipinski definition) is 4. The van der Waals surface area contributed by atoms with Crippen LogP contribution in [-0.4, -0.2) is 20.7 Å². The second-order valence-corrected chi connectivity index (χ2v) is 3.77. The summed E-state index contributed by atoms with van der Waals surface area (Å²) in [6, 6.07) is 4.89. The van der Waals surface area contributed by atoms with Gasteiger partial charge in [0.25, 0.3) is 5.91 Å². The van der Waals surface area contributed by atoms with E-state index in [1.165, 1.54) is 11.0 Å². The van der Waals surface area contributed by atoms with Crippen LogP contribution in [0.3, 0.4) is 0 Å². The zero-order valence-corrected chi connectivity index (χ0v) is 9.77. The molecule has 2 aromatic rings. The van der Waals surface area contributed by atoms with Crippen molar-refractivity contribution in [3.63, 3.8) is 0 Å². The zero-order valence-electron chi connectivity index (χ0n) is 9.01. The van der Waals surface area contributed by atoms with E-state index in [1.54, 1.807) is 25.2 Å². The fourth-order valence-electron chi connectivity index (χ4n) is 1.35. The van der Waals surface area contributed by atoms with Crippen LogP contribution in [0.1, 0.15) is 10.4 Å². The maximum atomic E-state index is 11.9. The molecule has 2 rings (SSSR count). The molecule has 17 heavy (non-hydrogen) atoms. The van der Waals surface area contributed by atoms with Crippen LogP contribution in [0.15, 0.2) is 24.5 Å². The van der Waals surface area contributed by atoms with Crippen LogP contribution in [0.2, 0.25) is 5.02 Å². The van der Waals surface area contributed by atoms with Gasteiger partial charge in [0.1, 0.15) is 6.33 Å². The number of halogens is 1. The maximum Gasteiger partial charge on any atom is 0.261 e. The smallest absolute Gasteiger partial charge is 0.261 e. The van der Waals surface area contributed by atoms with E-state index in [0.29, 0.717) is 16.7 Å². The molecule has 3 N–H and O–H groups in total. The number of rotatable bonds is 2. The highest BCUT2D eigenvalue weighted by atomic mass is 35.5. The molecule has 0 saturated carbocycles. The van der Waals surface area contributed by atoms with Crippen molar-refractivity contribution in [1.82, 2.24) is 14.8 Å². The molecule has 88 valence electrons. The highest BCUT2D eigenvalue weighted by Gasteiger charge is 2.15. The topological polar surface area (TPSA) is 85.8 Å². The van der Waals surface area contributed by atoms with E-state index in [1.807, 2.05) is 0 Å². The summed E-state index contributed by atoms with van der Waals surface area (Å²) in [5, 5.41) is 6.70. The number of aryl methyl sites for hydroxylation is 1. The minimum absolute atomic E-state index is 0.233. The predicted molar refractivity (Wildman–Crippen MR) is 64.8 cm³/mol. The molecule has 6 nitrogen and oxygen atoms in total. The van der Waals surface area contributed by atoms with Crippen LogP contribution in [-0.2, 0) is 7.05 Å². The van der Waals surface area contributed by atoms with Gasteiger partial charge in [0.05, 0.1) is 10.6 Å². The second kappa shape index (κ2) is 4.42. The molecule has 1 aromatic carbocycles. The van der Waals surface area contributed by atoms with Crippen molar-refractivity contribution in [2.75, 3.05) is 11.1 Å². The average molecular weight is 252 g/mol. The van der Waals surface area contributed by atoms with Crippen LogP contribution < -0.4 is 11.1 Å².